The first-order valence-corrected chi connectivity index (χ1v) is 7.56. The van der Waals surface area contributed by atoms with Crippen LogP contribution in [0.15, 0.2) is 22.7 Å². The molecule has 1 aromatic carbocycles. The molecular formula is C15H18BrN3O2. The van der Waals surface area contributed by atoms with Gasteiger partial charge in [-0.3, -0.25) is 4.57 Å². The molecule has 0 aliphatic heterocycles. The molecule has 6 heteroatoms. The summed E-state index contributed by atoms with van der Waals surface area (Å²) in [6.07, 6.45) is 1.52. The molecule has 0 bridgehead atoms. The summed E-state index contributed by atoms with van der Waals surface area (Å²) >= 11 is 3.47. The van der Waals surface area contributed by atoms with Crippen LogP contribution >= 0.6 is 15.9 Å². The number of halogens is 1. The number of imidazole rings is 1. The molecule has 0 spiro atoms. The number of methoxy groups -OCH3 is 1. The van der Waals surface area contributed by atoms with Gasteiger partial charge in [0, 0.05) is 10.9 Å². The SMILES string of the molecule is CCc1cc(Br)ccc1-n1c(CC)nc(C(=O)OC)c1N. The molecule has 1 aromatic heterocycles. The van der Waals surface area contributed by atoms with E-state index in [0.29, 0.717) is 12.2 Å². The first-order chi connectivity index (χ1) is 10.0. The van der Waals surface area contributed by atoms with Gasteiger partial charge in [-0.05, 0) is 30.2 Å². The number of hydrogen-bond donors (Lipinski definition) is 1. The van der Waals surface area contributed by atoms with Crippen LogP contribution in [0, 0.1) is 0 Å². The van der Waals surface area contributed by atoms with Crippen molar-refractivity contribution in [3.8, 4) is 5.69 Å². The number of rotatable bonds is 4. The molecule has 2 N–H and O–H groups in total. The number of aromatic nitrogens is 2. The van der Waals surface area contributed by atoms with Gasteiger partial charge in [0.2, 0.25) is 0 Å². The molecule has 2 rings (SSSR count). The van der Waals surface area contributed by atoms with Gasteiger partial charge in [0.25, 0.3) is 0 Å². The van der Waals surface area contributed by atoms with E-state index in [2.05, 4.69) is 27.8 Å². The van der Waals surface area contributed by atoms with E-state index in [9.17, 15) is 4.79 Å². The van der Waals surface area contributed by atoms with Crippen LogP contribution in [0.4, 0.5) is 5.82 Å². The predicted molar refractivity (Wildman–Crippen MR) is 85.8 cm³/mol. The van der Waals surface area contributed by atoms with Crippen molar-refractivity contribution >= 4 is 27.7 Å². The minimum atomic E-state index is -0.517. The van der Waals surface area contributed by atoms with E-state index >= 15 is 0 Å². The van der Waals surface area contributed by atoms with Crippen LogP contribution in [-0.2, 0) is 17.6 Å². The molecule has 0 radical (unpaired) electrons. The van der Waals surface area contributed by atoms with E-state index in [-0.39, 0.29) is 5.69 Å². The number of esters is 1. The normalized spacial score (nSPS) is 10.7. The minimum absolute atomic E-state index is 0.166. The fraction of sp³-hybridized carbons (Fsp3) is 0.333. The number of aryl methyl sites for hydroxylation is 2. The number of anilines is 1. The first-order valence-electron chi connectivity index (χ1n) is 6.77. The van der Waals surface area contributed by atoms with Crippen LogP contribution in [0.1, 0.15) is 35.7 Å². The Morgan fingerprint density at radius 2 is 2.10 bits per heavy atom. The third-order valence-corrected chi connectivity index (χ3v) is 3.83. The largest absolute Gasteiger partial charge is 0.464 e. The molecule has 0 saturated carbocycles. The number of ether oxygens (including phenoxy) is 1. The Kier molecular flexibility index (Phi) is 4.67. The Morgan fingerprint density at radius 3 is 2.67 bits per heavy atom. The Bertz CT molecular complexity index is 680. The van der Waals surface area contributed by atoms with Crippen molar-refractivity contribution < 1.29 is 9.53 Å². The average Bonchev–Trinajstić information content (AvgIpc) is 2.83. The summed E-state index contributed by atoms with van der Waals surface area (Å²) in [6.45, 7) is 4.05. The molecule has 5 nitrogen and oxygen atoms in total. The number of nitrogens with two attached hydrogens (primary N) is 1. The van der Waals surface area contributed by atoms with Crippen LogP contribution in [0.25, 0.3) is 5.69 Å². The lowest BCUT2D eigenvalue weighted by Crippen LogP contribution is -2.09. The molecule has 0 unspecified atom stereocenters. The Labute approximate surface area is 132 Å². The lowest BCUT2D eigenvalue weighted by Gasteiger charge is -2.13. The van der Waals surface area contributed by atoms with E-state index in [1.165, 1.54) is 7.11 Å². The summed E-state index contributed by atoms with van der Waals surface area (Å²) in [5.74, 6) is 0.539. The topological polar surface area (TPSA) is 70.1 Å². The van der Waals surface area contributed by atoms with Gasteiger partial charge >= 0.3 is 5.97 Å². The molecule has 0 saturated heterocycles. The second-order valence-corrected chi connectivity index (χ2v) is 5.48. The van der Waals surface area contributed by atoms with E-state index < -0.39 is 5.97 Å². The quantitative estimate of drug-likeness (QED) is 0.859. The summed E-state index contributed by atoms with van der Waals surface area (Å²) in [4.78, 5) is 16.1. The molecule has 0 aliphatic rings. The lowest BCUT2D eigenvalue weighted by atomic mass is 10.1. The Morgan fingerprint density at radius 1 is 1.38 bits per heavy atom. The molecule has 1 heterocycles. The van der Waals surface area contributed by atoms with E-state index in [0.717, 1.165) is 28.0 Å². The van der Waals surface area contributed by atoms with E-state index in [4.69, 9.17) is 10.5 Å². The van der Waals surface area contributed by atoms with Gasteiger partial charge in [-0.25, -0.2) is 9.78 Å². The summed E-state index contributed by atoms with van der Waals surface area (Å²) in [7, 11) is 1.32. The lowest BCUT2D eigenvalue weighted by molar-refractivity contribution is 0.0596. The number of hydrogen-bond acceptors (Lipinski definition) is 4. The zero-order chi connectivity index (χ0) is 15.6. The highest BCUT2D eigenvalue weighted by atomic mass is 79.9. The molecule has 21 heavy (non-hydrogen) atoms. The standard InChI is InChI=1S/C15H18BrN3O2/c1-4-9-8-10(16)6-7-11(9)19-12(5-2)18-13(14(19)17)15(20)21-3/h6-8H,4-5,17H2,1-3H3. The van der Waals surface area contributed by atoms with Gasteiger partial charge in [-0.1, -0.05) is 29.8 Å². The van der Waals surface area contributed by atoms with Crippen LogP contribution in [-0.4, -0.2) is 22.6 Å². The minimum Gasteiger partial charge on any atom is -0.464 e. The van der Waals surface area contributed by atoms with Crippen LogP contribution < -0.4 is 5.73 Å². The van der Waals surface area contributed by atoms with Crippen molar-refractivity contribution in [1.29, 1.82) is 0 Å². The van der Waals surface area contributed by atoms with Crippen LogP contribution in [0.3, 0.4) is 0 Å². The highest BCUT2D eigenvalue weighted by molar-refractivity contribution is 9.10. The zero-order valence-electron chi connectivity index (χ0n) is 12.3. The summed E-state index contributed by atoms with van der Waals surface area (Å²) < 4.78 is 7.58. The third kappa shape index (κ3) is 2.81. The molecular weight excluding hydrogens is 334 g/mol. The number of nitrogen functional groups attached to an aromatic ring is 1. The van der Waals surface area contributed by atoms with Crippen molar-refractivity contribution in [2.24, 2.45) is 0 Å². The molecule has 2 aromatic rings. The van der Waals surface area contributed by atoms with Crippen molar-refractivity contribution in [3.05, 3.63) is 39.8 Å². The summed E-state index contributed by atoms with van der Waals surface area (Å²) in [5.41, 5.74) is 8.37. The second-order valence-electron chi connectivity index (χ2n) is 4.57. The highest BCUT2D eigenvalue weighted by Crippen LogP contribution is 2.27. The smallest absolute Gasteiger partial charge is 0.360 e. The Balaban J connectivity index is 2.69. The molecule has 0 fully saturated rings. The summed E-state index contributed by atoms with van der Waals surface area (Å²) in [5, 5.41) is 0. The number of benzene rings is 1. The van der Waals surface area contributed by atoms with Gasteiger partial charge in [-0.2, -0.15) is 0 Å². The van der Waals surface area contributed by atoms with Crippen molar-refractivity contribution in [3.63, 3.8) is 0 Å². The van der Waals surface area contributed by atoms with Crippen molar-refractivity contribution in [2.75, 3.05) is 12.8 Å². The molecule has 112 valence electrons. The van der Waals surface area contributed by atoms with Gasteiger partial charge < -0.3 is 10.5 Å². The predicted octanol–water partition coefficient (Wildman–Crippen LogP) is 3.13. The third-order valence-electron chi connectivity index (χ3n) is 3.34. The van der Waals surface area contributed by atoms with Crippen molar-refractivity contribution in [1.82, 2.24) is 9.55 Å². The first kappa shape index (κ1) is 15.6. The number of carbonyl (C=O) groups excluding carboxylic acids is 1. The molecule has 0 amide bonds. The highest BCUT2D eigenvalue weighted by Gasteiger charge is 2.22. The van der Waals surface area contributed by atoms with Crippen LogP contribution in [0.2, 0.25) is 0 Å². The monoisotopic (exact) mass is 351 g/mol. The van der Waals surface area contributed by atoms with Crippen LogP contribution in [0.5, 0.6) is 0 Å². The molecule has 0 atom stereocenters. The number of nitrogens with zero attached hydrogens (tertiary/aromatic N) is 2. The summed E-state index contributed by atoms with van der Waals surface area (Å²) in [6, 6.07) is 5.97. The van der Waals surface area contributed by atoms with Crippen molar-refractivity contribution in [2.45, 2.75) is 26.7 Å². The van der Waals surface area contributed by atoms with Gasteiger partial charge in [0.1, 0.15) is 11.6 Å². The maximum atomic E-state index is 11.8. The van der Waals surface area contributed by atoms with Gasteiger partial charge in [-0.15, -0.1) is 0 Å². The fourth-order valence-corrected chi connectivity index (χ4v) is 2.70. The fourth-order valence-electron chi connectivity index (χ4n) is 2.29. The maximum absolute atomic E-state index is 11.8. The van der Waals surface area contributed by atoms with Gasteiger partial charge in [0.05, 0.1) is 12.8 Å². The zero-order valence-corrected chi connectivity index (χ0v) is 13.9. The maximum Gasteiger partial charge on any atom is 0.360 e. The number of carbonyl (C=O) groups is 1. The molecule has 0 aliphatic carbocycles. The average molecular weight is 352 g/mol. The Hall–Kier alpha value is -1.82. The van der Waals surface area contributed by atoms with E-state index in [1.807, 2.05) is 29.7 Å². The van der Waals surface area contributed by atoms with Gasteiger partial charge in [0.15, 0.2) is 5.69 Å². The van der Waals surface area contributed by atoms with E-state index in [1.54, 1.807) is 0 Å². The second kappa shape index (κ2) is 6.30.